The van der Waals surface area contributed by atoms with Gasteiger partial charge in [0.1, 0.15) is 0 Å². The predicted molar refractivity (Wildman–Crippen MR) is 35.6 cm³/mol. The van der Waals surface area contributed by atoms with Gasteiger partial charge in [-0.05, 0) is 18.8 Å². The van der Waals surface area contributed by atoms with E-state index in [1.54, 1.807) is 0 Å². The number of aliphatic hydroxyl groups is 1. The number of carboxylic acid groups (broad SMARTS) is 1. The molecule has 0 spiro atoms. The van der Waals surface area contributed by atoms with Crippen molar-refractivity contribution in [3.8, 4) is 0 Å². The molecule has 0 heterocycles. The minimum atomic E-state index is -0.903. The molecule has 1 fully saturated rings. The smallest absolute Gasteiger partial charge is 0.305 e. The Morgan fingerprint density at radius 2 is 2.20 bits per heavy atom. The van der Waals surface area contributed by atoms with Crippen LogP contribution >= 0.6 is 0 Å². The maximum absolute atomic E-state index is 10.1. The molecule has 0 saturated heterocycles. The van der Waals surface area contributed by atoms with E-state index in [4.69, 9.17) is 10.2 Å². The van der Waals surface area contributed by atoms with Gasteiger partial charge in [-0.2, -0.15) is 0 Å². The Balaban J connectivity index is 2.19. The van der Waals surface area contributed by atoms with Crippen LogP contribution in [0.5, 0.6) is 0 Å². The first kappa shape index (κ1) is 7.54. The molecule has 0 aromatic rings. The number of rotatable bonds is 3. The molecule has 1 aliphatic rings. The molecule has 1 atom stereocenters. The van der Waals surface area contributed by atoms with Crippen molar-refractivity contribution in [1.82, 2.24) is 0 Å². The monoisotopic (exact) mass is 144 g/mol. The quantitative estimate of drug-likeness (QED) is 0.610. The molecule has 0 aromatic heterocycles. The summed E-state index contributed by atoms with van der Waals surface area (Å²) in [6, 6.07) is 0. The Morgan fingerprint density at radius 3 is 2.50 bits per heavy atom. The second-order valence-corrected chi connectivity index (χ2v) is 2.86. The molecule has 10 heavy (non-hydrogen) atoms. The van der Waals surface area contributed by atoms with E-state index in [2.05, 4.69) is 0 Å². The van der Waals surface area contributed by atoms with Crippen molar-refractivity contribution < 1.29 is 15.0 Å². The lowest BCUT2D eigenvalue weighted by molar-refractivity contribution is -0.140. The van der Waals surface area contributed by atoms with Crippen LogP contribution < -0.4 is 0 Å². The van der Waals surface area contributed by atoms with Crippen molar-refractivity contribution >= 4 is 5.97 Å². The summed E-state index contributed by atoms with van der Waals surface area (Å²) in [6.07, 6.45) is 2.43. The highest BCUT2D eigenvalue weighted by molar-refractivity contribution is 5.67. The average molecular weight is 144 g/mol. The van der Waals surface area contributed by atoms with Gasteiger partial charge in [0.05, 0.1) is 12.5 Å². The maximum atomic E-state index is 10.1. The van der Waals surface area contributed by atoms with Crippen molar-refractivity contribution in [2.24, 2.45) is 5.92 Å². The van der Waals surface area contributed by atoms with Gasteiger partial charge in [0.25, 0.3) is 0 Å². The molecule has 0 bridgehead atoms. The van der Waals surface area contributed by atoms with Gasteiger partial charge in [-0.25, -0.2) is 0 Å². The third-order valence-electron chi connectivity index (χ3n) is 2.08. The fraction of sp³-hybridized carbons (Fsp3) is 0.857. The normalized spacial score (nSPS) is 21.7. The number of aliphatic carboxylic acids is 1. The number of hydrogen-bond acceptors (Lipinski definition) is 2. The Kier molecular flexibility index (Phi) is 2.27. The minimum absolute atomic E-state index is 0.0926. The van der Waals surface area contributed by atoms with Crippen LogP contribution in [-0.4, -0.2) is 22.3 Å². The Morgan fingerprint density at radius 1 is 1.60 bits per heavy atom. The van der Waals surface area contributed by atoms with Crippen molar-refractivity contribution in [3.05, 3.63) is 0 Å². The zero-order valence-electron chi connectivity index (χ0n) is 5.79. The lowest BCUT2D eigenvalue weighted by atomic mass is 9.80. The largest absolute Gasteiger partial charge is 0.481 e. The lowest BCUT2D eigenvalue weighted by Crippen LogP contribution is -2.28. The molecule has 2 N–H and O–H groups in total. The molecule has 1 rings (SSSR count). The highest BCUT2D eigenvalue weighted by Gasteiger charge is 2.26. The fourth-order valence-electron chi connectivity index (χ4n) is 1.17. The molecule has 0 aromatic carbocycles. The van der Waals surface area contributed by atoms with E-state index in [9.17, 15) is 4.79 Å². The van der Waals surface area contributed by atoms with E-state index in [1.165, 1.54) is 0 Å². The average Bonchev–Trinajstić information content (AvgIpc) is 1.55. The summed E-state index contributed by atoms with van der Waals surface area (Å²) in [7, 11) is 0. The summed E-state index contributed by atoms with van der Waals surface area (Å²) in [5.41, 5.74) is 0. The van der Waals surface area contributed by atoms with Gasteiger partial charge in [-0.3, -0.25) is 4.79 Å². The van der Waals surface area contributed by atoms with Gasteiger partial charge in [-0.15, -0.1) is 0 Å². The van der Waals surface area contributed by atoms with Crippen molar-refractivity contribution in [1.29, 1.82) is 0 Å². The van der Waals surface area contributed by atoms with E-state index in [0.717, 1.165) is 19.3 Å². The molecule has 3 heteroatoms. The zero-order valence-corrected chi connectivity index (χ0v) is 5.79. The van der Waals surface area contributed by atoms with Gasteiger partial charge in [0.15, 0.2) is 0 Å². The third-order valence-corrected chi connectivity index (χ3v) is 2.08. The standard InChI is InChI=1S/C7H12O3/c8-6(4-7(9)10)5-2-1-3-5/h5-6,8H,1-4H2,(H,9,10). The summed E-state index contributed by atoms with van der Waals surface area (Å²) in [5.74, 6) is -0.643. The van der Waals surface area contributed by atoms with Crippen LogP contribution in [0.2, 0.25) is 0 Å². The van der Waals surface area contributed by atoms with Crippen LogP contribution in [0.1, 0.15) is 25.7 Å². The molecule has 0 amide bonds. The van der Waals surface area contributed by atoms with Gasteiger partial charge in [-0.1, -0.05) is 6.42 Å². The van der Waals surface area contributed by atoms with Crippen LogP contribution in [0.15, 0.2) is 0 Å². The highest BCUT2D eigenvalue weighted by atomic mass is 16.4. The van der Waals surface area contributed by atoms with E-state index in [-0.39, 0.29) is 12.3 Å². The van der Waals surface area contributed by atoms with E-state index in [1.807, 2.05) is 0 Å². The molecule has 1 saturated carbocycles. The first-order valence-electron chi connectivity index (χ1n) is 3.60. The first-order valence-corrected chi connectivity index (χ1v) is 3.60. The molecule has 0 radical (unpaired) electrons. The predicted octanol–water partition coefficient (Wildman–Crippen LogP) is 0.622. The second kappa shape index (κ2) is 3.01. The summed E-state index contributed by atoms with van der Waals surface area (Å²) >= 11 is 0. The topological polar surface area (TPSA) is 57.5 Å². The van der Waals surface area contributed by atoms with Crippen LogP contribution in [0, 0.1) is 5.92 Å². The number of carbonyl (C=O) groups is 1. The Bertz CT molecular complexity index is 129. The molecule has 0 aliphatic heterocycles. The fourth-order valence-corrected chi connectivity index (χ4v) is 1.17. The summed E-state index contributed by atoms with van der Waals surface area (Å²) in [5, 5.41) is 17.5. The molecule has 1 unspecified atom stereocenters. The van der Waals surface area contributed by atoms with Gasteiger partial charge < -0.3 is 10.2 Å². The number of hydrogen-bond donors (Lipinski definition) is 2. The maximum Gasteiger partial charge on any atom is 0.305 e. The zero-order chi connectivity index (χ0) is 7.56. The SMILES string of the molecule is O=C(O)CC(O)C1CCC1. The summed E-state index contributed by atoms with van der Waals surface area (Å²) in [6.45, 7) is 0. The van der Waals surface area contributed by atoms with E-state index < -0.39 is 12.1 Å². The van der Waals surface area contributed by atoms with Gasteiger partial charge in [0.2, 0.25) is 0 Å². The van der Waals surface area contributed by atoms with Gasteiger partial charge in [0, 0.05) is 0 Å². The minimum Gasteiger partial charge on any atom is -0.481 e. The number of carboxylic acids is 1. The molecule has 1 aliphatic carbocycles. The van der Waals surface area contributed by atoms with Crippen molar-refractivity contribution in [2.45, 2.75) is 31.8 Å². The Labute approximate surface area is 59.7 Å². The number of aliphatic hydroxyl groups excluding tert-OH is 1. The van der Waals surface area contributed by atoms with E-state index in [0.29, 0.717) is 0 Å². The Hall–Kier alpha value is -0.570. The molecular weight excluding hydrogens is 132 g/mol. The van der Waals surface area contributed by atoms with E-state index >= 15 is 0 Å². The third kappa shape index (κ3) is 1.70. The first-order chi connectivity index (χ1) is 4.70. The molecule has 3 nitrogen and oxygen atoms in total. The van der Waals surface area contributed by atoms with Crippen LogP contribution in [0.25, 0.3) is 0 Å². The van der Waals surface area contributed by atoms with Crippen LogP contribution in [0.3, 0.4) is 0 Å². The second-order valence-electron chi connectivity index (χ2n) is 2.86. The van der Waals surface area contributed by atoms with Crippen molar-refractivity contribution in [2.75, 3.05) is 0 Å². The van der Waals surface area contributed by atoms with Crippen LogP contribution in [-0.2, 0) is 4.79 Å². The van der Waals surface area contributed by atoms with Gasteiger partial charge >= 0.3 is 5.97 Å². The highest BCUT2D eigenvalue weighted by Crippen LogP contribution is 2.30. The lowest BCUT2D eigenvalue weighted by Gasteiger charge is -2.29. The molecule has 58 valence electrons. The summed E-state index contributed by atoms with van der Waals surface area (Å²) in [4.78, 5) is 10.1. The van der Waals surface area contributed by atoms with Crippen LogP contribution in [0.4, 0.5) is 0 Å². The summed E-state index contributed by atoms with van der Waals surface area (Å²) < 4.78 is 0. The molecular formula is C7H12O3. The van der Waals surface area contributed by atoms with Crippen molar-refractivity contribution in [3.63, 3.8) is 0 Å².